The maximum absolute atomic E-state index is 13.4. The smallest absolute Gasteiger partial charge is 0.395 e. The molecule has 10 nitrogen and oxygen atoms in total. The zero-order valence-corrected chi connectivity index (χ0v) is 22.9. The molecule has 0 aromatic heterocycles. The van der Waals surface area contributed by atoms with Crippen LogP contribution in [0.15, 0.2) is 53.4 Å². The number of anilines is 2. The highest BCUT2D eigenvalue weighted by molar-refractivity contribution is 7.89. The summed E-state index contributed by atoms with van der Waals surface area (Å²) in [5, 5.41) is 4.42. The molecule has 1 atom stereocenters. The highest BCUT2D eigenvalue weighted by Gasteiger charge is 2.44. The summed E-state index contributed by atoms with van der Waals surface area (Å²) in [7, 11) is -2.49. The van der Waals surface area contributed by atoms with Gasteiger partial charge in [-0.05, 0) is 49.6 Å². The number of carbonyl (C=O) groups is 2. The predicted octanol–water partition coefficient (Wildman–Crippen LogP) is 4.20. The molecule has 3 aliphatic rings. The fraction of sp³-hybridized carbons (Fsp3) is 0.357. The number of sulfonamides is 1. The first-order chi connectivity index (χ1) is 19.6. The van der Waals surface area contributed by atoms with Gasteiger partial charge in [0, 0.05) is 61.4 Å². The van der Waals surface area contributed by atoms with Gasteiger partial charge in [0.2, 0.25) is 15.9 Å². The van der Waals surface area contributed by atoms with E-state index in [2.05, 4.69) is 14.8 Å². The van der Waals surface area contributed by atoms with Crippen LogP contribution in [-0.4, -0.2) is 64.2 Å². The molecule has 1 fully saturated rings. The van der Waals surface area contributed by atoms with Crippen molar-refractivity contribution >= 4 is 44.0 Å². The number of nitrogens with one attached hydrogen (secondary N) is 1. The molecular formula is C28H27F2N3O7S. The number of fused-ring (bicyclic) bond motifs is 1. The second kappa shape index (κ2) is 10.2. The highest BCUT2D eigenvalue weighted by Crippen LogP contribution is 2.43. The van der Waals surface area contributed by atoms with Crippen LogP contribution in [0.5, 0.6) is 11.5 Å². The van der Waals surface area contributed by atoms with Crippen LogP contribution in [-0.2, 0) is 19.6 Å². The van der Waals surface area contributed by atoms with Gasteiger partial charge >= 0.3 is 6.29 Å². The molecule has 0 aliphatic carbocycles. The first-order valence-corrected chi connectivity index (χ1v) is 14.6. The van der Waals surface area contributed by atoms with E-state index in [0.717, 1.165) is 23.2 Å². The number of benzene rings is 3. The van der Waals surface area contributed by atoms with Gasteiger partial charge in [-0.3, -0.25) is 9.59 Å². The van der Waals surface area contributed by atoms with Crippen molar-refractivity contribution in [2.75, 3.05) is 43.6 Å². The van der Waals surface area contributed by atoms with Gasteiger partial charge in [0.05, 0.1) is 16.5 Å². The molecule has 13 heteroatoms. The largest absolute Gasteiger partial charge is 0.586 e. The highest BCUT2D eigenvalue weighted by atomic mass is 32.2. The molecule has 1 unspecified atom stereocenters. The van der Waals surface area contributed by atoms with E-state index in [1.165, 1.54) is 10.4 Å². The first kappa shape index (κ1) is 27.4. The Morgan fingerprint density at radius 1 is 1.15 bits per heavy atom. The number of hydrogen-bond donors (Lipinski definition) is 1. The summed E-state index contributed by atoms with van der Waals surface area (Å²) in [6.07, 6.45) is -2.28. The Morgan fingerprint density at radius 2 is 1.95 bits per heavy atom. The van der Waals surface area contributed by atoms with E-state index in [0.29, 0.717) is 49.1 Å². The molecule has 0 saturated carbocycles. The maximum Gasteiger partial charge on any atom is 0.586 e. The van der Waals surface area contributed by atoms with Crippen molar-refractivity contribution in [3.8, 4) is 11.5 Å². The van der Waals surface area contributed by atoms with Crippen LogP contribution in [0.4, 0.5) is 20.2 Å². The third-order valence-corrected chi connectivity index (χ3v) is 9.40. The Balaban J connectivity index is 1.20. The van der Waals surface area contributed by atoms with E-state index in [9.17, 15) is 26.8 Å². The molecule has 0 bridgehead atoms. The normalized spacial score (nSPS) is 19.6. The number of nitrogens with zero attached hydrogens (tertiary/aromatic N) is 2. The summed E-state index contributed by atoms with van der Waals surface area (Å²) < 4.78 is 68.6. The minimum atomic E-state index is -4.10. The number of piperidine rings is 1. The van der Waals surface area contributed by atoms with Gasteiger partial charge in [-0.15, -0.1) is 8.78 Å². The molecule has 0 spiro atoms. The van der Waals surface area contributed by atoms with Gasteiger partial charge in [0.25, 0.3) is 5.91 Å². The lowest BCUT2D eigenvalue weighted by Crippen LogP contribution is -2.43. The average Bonchev–Trinajstić information content (AvgIpc) is 3.42. The summed E-state index contributed by atoms with van der Waals surface area (Å²) in [4.78, 5) is 27.9. The number of carbonyl (C=O) groups excluding carboxylic acids is 2. The van der Waals surface area contributed by atoms with Crippen LogP contribution in [0, 0.1) is 5.92 Å². The van der Waals surface area contributed by atoms with Gasteiger partial charge in [-0.1, -0.05) is 12.1 Å². The van der Waals surface area contributed by atoms with E-state index >= 15 is 0 Å². The number of ether oxygens (including phenoxy) is 3. The SMILES string of the molecule is COCCCN1C(=O)c2cccc3c(NC(=O)C4CCCN(S(=O)(=O)c5ccc6c(c5)OC(F)(F)O6)C4)ccc1c23. The molecule has 2 amide bonds. The van der Waals surface area contributed by atoms with E-state index < -0.39 is 22.2 Å². The standard InChI is InChI=1S/C28H27F2N3O7S/c1-38-14-4-13-33-22-10-9-21(19-6-2-7-20(25(19)22)27(33)35)31-26(34)17-5-3-12-32(16-17)41(36,37)18-8-11-23-24(15-18)40-28(29,30)39-23/h2,6-11,15,17H,3-5,12-14,16H2,1H3,(H,31,34). The van der Waals surface area contributed by atoms with Crippen molar-refractivity contribution in [1.29, 1.82) is 0 Å². The Morgan fingerprint density at radius 3 is 2.76 bits per heavy atom. The van der Waals surface area contributed by atoms with Crippen LogP contribution in [0.1, 0.15) is 29.6 Å². The second-order valence-electron chi connectivity index (χ2n) is 10.1. The number of amides is 2. The van der Waals surface area contributed by atoms with Crippen LogP contribution in [0.3, 0.4) is 0 Å². The Bertz CT molecular complexity index is 1660. The molecule has 3 aliphatic heterocycles. The van der Waals surface area contributed by atoms with Crippen LogP contribution >= 0.6 is 0 Å². The molecule has 1 saturated heterocycles. The third-order valence-electron chi connectivity index (χ3n) is 7.54. The molecule has 3 aromatic rings. The fourth-order valence-electron chi connectivity index (χ4n) is 5.59. The summed E-state index contributed by atoms with van der Waals surface area (Å²) >= 11 is 0. The van der Waals surface area contributed by atoms with Crippen molar-refractivity contribution < 1.29 is 41.0 Å². The van der Waals surface area contributed by atoms with Gasteiger partial charge < -0.3 is 24.4 Å². The number of halogens is 2. The Hall–Kier alpha value is -3.81. The molecule has 3 heterocycles. The topological polar surface area (TPSA) is 114 Å². The van der Waals surface area contributed by atoms with Crippen LogP contribution in [0.25, 0.3) is 10.8 Å². The Labute approximate surface area is 234 Å². The monoisotopic (exact) mass is 587 g/mol. The maximum atomic E-state index is 13.4. The summed E-state index contributed by atoms with van der Waals surface area (Å²) in [5.41, 5.74) is 1.85. The zero-order valence-electron chi connectivity index (χ0n) is 22.1. The molecule has 41 heavy (non-hydrogen) atoms. The quantitative estimate of drug-likeness (QED) is 0.393. The van der Waals surface area contributed by atoms with Gasteiger partial charge in [0.1, 0.15) is 0 Å². The third kappa shape index (κ3) is 4.87. The van der Waals surface area contributed by atoms with Crippen molar-refractivity contribution in [2.45, 2.75) is 30.5 Å². The summed E-state index contributed by atoms with van der Waals surface area (Å²) in [6.45, 7) is 1.13. The van der Waals surface area contributed by atoms with E-state index in [1.807, 2.05) is 6.07 Å². The van der Waals surface area contributed by atoms with E-state index in [1.54, 1.807) is 36.3 Å². The fourth-order valence-corrected chi connectivity index (χ4v) is 7.13. The van der Waals surface area contributed by atoms with Gasteiger partial charge in [0.15, 0.2) is 11.5 Å². The van der Waals surface area contributed by atoms with Crippen LogP contribution < -0.4 is 19.7 Å². The molecule has 6 rings (SSSR count). The van der Waals surface area contributed by atoms with Gasteiger partial charge in [-0.25, -0.2) is 8.42 Å². The van der Waals surface area contributed by atoms with Crippen LogP contribution in [0.2, 0.25) is 0 Å². The minimum Gasteiger partial charge on any atom is -0.395 e. The molecule has 0 radical (unpaired) electrons. The van der Waals surface area contributed by atoms with Crippen molar-refractivity contribution in [3.05, 3.63) is 54.1 Å². The molecule has 1 N–H and O–H groups in total. The average molecular weight is 588 g/mol. The number of hydrogen-bond acceptors (Lipinski definition) is 7. The lowest BCUT2D eigenvalue weighted by molar-refractivity contribution is -0.286. The molecule has 3 aromatic carbocycles. The van der Waals surface area contributed by atoms with Crippen molar-refractivity contribution in [1.82, 2.24) is 4.31 Å². The van der Waals surface area contributed by atoms with Gasteiger partial charge in [-0.2, -0.15) is 4.31 Å². The lowest BCUT2D eigenvalue weighted by atomic mass is 9.98. The first-order valence-electron chi connectivity index (χ1n) is 13.2. The second-order valence-corrected chi connectivity index (χ2v) is 12.1. The van der Waals surface area contributed by atoms with E-state index in [-0.39, 0.29) is 41.3 Å². The number of rotatable bonds is 8. The predicted molar refractivity (Wildman–Crippen MR) is 145 cm³/mol. The Kier molecular flexibility index (Phi) is 6.83. The summed E-state index contributed by atoms with van der Waals surface area (Å²) in [5.74, 6) is -1.73. The molecular weight excluding hydrogens is 560 g/mol. The zero-order chi connectivity index (χ0) is 28.9. The van der Waals surface area contributed by atoms with Crippen molar-refractivity contribution in [3.63, 3.8) is 0 Å². The van der Waals surface area contributed by atoms with E-state index in [4.69, 9.17) is 4.74 Å². The lowest BCUT2D eigenvalue weighted by Gasteiger charge is -2.31. The molecule has 216 valence electrons. The number of methoxy groups -OCH3 is 1. The number of alkyl halides is 2. The van der Waals surface area contributed by atoms with Crippen molar-refractivity contribution in [2.24, 2.45) is 5.92 Å². The minimum absolute atomic E-state index is 0.0776. The summed E-state index contributed by atoms with van der Waals surface area (Å²) in [6, 6.07) is 12.2.